The summed E-state index contributed by atoms with van der Waals surface area (Å²) in [6.07, 6.45) is 0.513. The van der Waals surface area contributed by atoms with Crippen LogP contribution in [0.25, 0.3) is 5.69 Å². The second-order valence-corrected chi connectivity index (χ2v) is 7.10. The van der Waals surface area contributed by atoms with Crippen molar-refractivity contribution in [3.63, 3.8) is 0 Å². The molecule has 0 aliphatic carbocycles. The van der Waals surface area contributed by atoms with Gasteiger partial charge in [0.1, 0.15) is 0 Å². The fourth-order valence-corrected chi connectivity index (χ4v) is 3.12. The predicted octanol–water partition coefficient (Wildman–Crippen LogP) is 3.49. The number of hydrogen-bond acceptors (Lipinski definition) is 3. The maximum absolute atomic E-state index is 12.3. The van der Waals surface area contributed by atoms with Crippen molar-refractivity contribution in [2.24, 2.45) is 0 Å². The highest BCUT2D eigenvalue weighted by molar-refractivity contribution is 5.92. The summed E-state index contributed by atoms with van der Waals surface area (Å²) in [6, 6.07) is 17.6. The van der Waals surface area contributed by atoms with Crippen molar-refractivity contribution >= 4 is 17.5 Å². The van der Waals surface area contributed by atoms with Crippen molar-refractivity contribution in [3.05, 3.63) is 77.1 Å². The number of aromatic nitrogens is 2. The predicted molar refractivity (Wildman–Crippen MR) is 114 cm³/mol. The molecule has 3 aromatic rings. The van der Waals surface area contributed by atoms with Crippen molar-refractivity contribution in [2.45, 2.75) is 33.6 Å². The Labute approximate surface area is 170 Å². The lowest BCUT2D eigenvalue weighted by Crippen LogP contribution is -2.29. The normalized spacial score (nSPS) is 10.6. The summed E-state index contributed by atoms with van der Waals surface area (Å²) in [6.45, 7) is 6.13. The minimum atomic E-state index is -0.153. The average Bonchev–Trinajstić information content (AvgIpc) is 2.97. The molecule has 0 saturated carbocycles. The van der Waals surface area contributed by atoms with Crippen LogP contribution < -0.4 is 10.6 Å². The van der Waals surface area contributed by atoms with Crippen LogP contribution in [0.3, 0.4) is 0 Å². The number of rotatable bonds is 7. The third-order valence-electron chi connectivity index (χ3n) is 4.72. The van der Waals surface area contributed by atoms with E-state index >= 15 is 0 Å². The Bertz CT molecular complexity index is 992. The van der Waals surface area contributed by atoms with E-state index in [1.54, 1.807) is 0 Å². The minimum absolute atomic E-state index is 0.0939. The van der Waals surface area contributed by atoms with Crippen LogP contribution >= 0.6 is 0 Å². The first-order valence-electron chi connectivity index (χ1n) is 9.68. The smallest absolute Gasteiger partial charge is 0.226 e. The maximum atomic E-state index is 12.3. The monoisotopic (exact) mass is 390 g/mol. The van der Waals surface area contributed by atoms with Crippen LogP contribution in [0.5, 0.6) is 0 Å². The zero-order valence-corrected chi connectivity index (χ0v) is 17.0. The summed E-state index contributed by atoms with van der Waals surface area (Å²) in [5.41, 5.74) is 5.41. The molecule has 0 atom stereocenters. The molecule has 2 N–H and O–H groups in total. The molecular weight excluding hydrogens is 364 g/mol. The minimum Gasteiger partial charge on any atom is -0.355 e. The largest absolute Gasteiger partial charge is 0.355 e. The van der Waals surface area contributed by atoms with Crippen molar-refractivity contribution in [2.75, 3.05) is 11.9 Å². The van der Waals surface area contributed by atoms with Gasteiger partial charge in [-0.3, -0.25) is 9.59 Å². The SMILES string of the molecule is Cc1ccc(-n2nc(C)c(NC(=O)CCNC(=O)Cc3ccccc3)c2C)cc1. The number of nitrogens with zero attached hydrogens (tertiary/aromatic N) is 2. The molecule has 0 aliphatic rings. The number of hydrogen-bond donors (Lipinski definition) is 2. The molecule has 0 bridgehead atoms. The van der Waals surface area contributed by atoms with Crippen molar-refractivity contribution in [3.8, 4) is 5.69 Å². The number of nitrogens with one attached hydrogen (secondary N) is 2. The summed E-state index contributed by atoms with van der Waals surface area (Å²) in [4.78, 5) is 24.3. The first-order valence-corrected chi connectivity index (χ1v) is 9.68. The average molecular weight is 390 g/mol. The van der Waals surface area contributed by atoms with E-state index in [-0.39, 0.29) is 18.2 Å². The molecule has 6 nitrogen and oxygen atoms in total. The molecule has 0 saturated heterocycles. The zero-order chi connectivity index (χ0) is 20.8. The van der Waals surface area contributed by atoms with Gasteiger partial charge in [-0.1, -0.05) is 48.0 Å². The van der Waals surface area contributed by atoms with E-state index in [2.05, 4.69) is 15.7 Å². The number of carbonyl (C=O) groups is 2. The second-order valence-electron chi connectivity index (χ2n) is 7.10. The van der Waals surface area contributed by atoms with Crippen LogP contribution in [-0.4, -0.2) is 28.1 Å². The Morgan fingerprint density at radius 1 is 0.931 bits per heavy atom. The van der Waals surface area contributed by atoms with Gasteiger partial charge in [-0.25, -0.2) is 4.68 Å². The van der Waals surface area contributed by atoms with E-state index in [0.29, 0.717) is 18.7 Å². The molecule has 2 amide bonds. The molecule has 150 valence electrons. The van der Waals surface area contributed by atoms with Crippen LogP contribution in [0.15, 0.2) is 54.6 Å². The Morgan fingerprint density at radius 3 is 2.31 bits per heavy atom. The molecule has 1 aromatic heterocycles. The lowest BCUT2D eigenvalue weighted by atomic mass is 10.1. The van der Waals surface area contributed by atoms with Crippen molar-refractivity contribution < 1.29 is 9.59 Å². The van der Waals surface area contributed by atoms with Gasteiger partial charge >= 0.3 is 0 Å². The van der Waals surface area contributed by atoms with Gasteiger partial charge in [0.05, 0.1) is 29.2 Å². The van der Waals surface area contributed by atoms with Crippen molar-refractivity contribution in [1.29, 1.82) is 0 Å². The number of benzene rings is 2. The summed E-state index contributed by atoms with van der Waals surface area (Å²) in [5.74, 6) is -0.247. The fourth-order valence-electron chi connectivity index (χ4n) is 3.12. The number of amides is 2. The Balaban J connectivity index is 1.54. The third kappa shape index (κ3) is 5.31. The van der Waals surface area contributed by atoms with Gasteiger partial charge in [0, 0.05) is 13.0 Å². The number of anilines is 1. The Morgan fingerprint density at radius 2 is 1.62 bits per heavy atom. The zero-order valence-electron chi connectivity index (χ0n) is 17.0. The van der Waals surface area contributed by atoms with Gasteiger partial charge in [-0.2, -0.15) is 5.10 Å². The van der Waals surface area contributed by atoms with E-state index in [4.69, 9.17) is 0 Å². The van der Waals surface area contributed by atoms with Crippen LogP contribution in [0.4, 0.5) is 5.69 Å². The molecule has 29 heavy (non-hydrogen) atoms. The molecule has 3 rings (SSSR count). The number of carbonyl (C=O) groups excluding carboxylic acids is 2. The molecule has 1 heterocycles. The van der Waals surface area contributed by atoms with E-state index in [9.17, 15) is 9.59 Å². The van der Waals surface area contributed by atoms with Gasteiger partial charge in [-0.05, 0) is 38.5 Å². The highest BCUT2D eigenvalue weighted by Gasteiger charge is 2.15. The van der Waals surface area contributed by atoms with Gasteiger partial charge in [-0.15, -0.1) is 0 Å². The van der Waals surface area contributed by atoms with Crippen molar-refractivity contribution in [1.82, 2.24) is 15.1 Å². The molecule has 0 spiro atoms. The summed E-state index contributed by atoms with van der Waals surface area (Å²) in [7, 11) is 0. The van der Waals surface area contributed by atoms with Crippen LogP contribution in [0, 0.1) is 20.8 Å². The third-order valence-corrected chi connectivity index (χ3v) is 4.72. The fraction of sp³-hybridized carbons (Fsp3) is 0.261. The van der Waals surface area contributed by atoms with Crippen LogP contribution in [-0.2, 0) is 16.0 Å². The summed E-state index contributed by atoms with van der Waals surface area (Å²) < 4.78 is 1.83. The van der Waals surface area contributed by atoms with Gasteiger partial charge in [0.25, 0.3) is 0 Å². The summed E-state index contributed by atoms with van der Waals surface area (Å²) >= 11 is 0. The van der Waals surface area contributed by atoms with Gasteiger partial charge in [0.2, 0.25) is 11.8 Å². The number of aryl methyl sites for hydroxylation is 2. The first kappa shape index (κ1) is 20.3. The quantitative estimate of drug-likeness (QED) is 0.648. The Kier molecular flexibility index (Phi) is 6.44. The van der Waals surface area contributed by atoms with E-state index in [0.717, 1.165) is 22.6 Å². The van der Waals surface area contributed by atoms with Crippen LogP contribution in [0.2, 0.25) is 0 Å². The molecule has 0 fully saturated rings. The van der Waals surface area contributed by atoms with Gasteiger partial charge in [0.15, 0.2) is 0 Å². The second kappa shape index (κ2) is 9.19. The van der Waals surface area contributed by atoms with Crippen LogP contribution in [0.1, 0.15) is 28.9 Å². The Hall–Kier alpha value is -3.41. The van der Waals surface area contributed by atoms with E-state index in [1.807, 2.05) is 80.1 Å². The topological polar surface area (TPSA) is 76.0 Å². The standard InChI is InChI=1S/C23H26N4O2/c1-16-9-11-20(12-10-16)27-18(3)23(17(2)26-27)25-21(28)13-14-24-22(29)15-19-7-5-4-6-8-19/h4-12H,13-15H2,1-3H3,(H,24,29)(H,25,28). The molecule has 2 aromatic carbocycles. The van der Waals surface area contributed by atoms with Gasteiger partial charge < -0.3 is 10.6 Å². The lowest BCUT2D eigenvalue weighted by Gasteiger charge is -2.08. The molecule has 0 radical (unpaired) electrons. The molecular formula is C23H26N4O2. The highest BCUT2D eigenvalue weighted by Crippen LogP contribution is 2.23. The van der Waals surface area contributed by atoms with E-state index in [1.165, 1.54) is 5.56 Å². The first-order chi connectivity index (χ1) is 13.9. The highest BCUT2D eigenvalue weighted by atomic mass is 16.2. The lowest BCUT2D eigenvalue weighted by molar-refractivity contribution is -0.120. The molecule has 0 unspecified atom stereocenters. The maximum Gasteiger partial charge on any atom is 0.226 e. The molecule has 6 heteroatoms. The van der Waals surface area contributed by atoms with E-state index < -0.39 is 0 Å². The molecule has 0 aliphatic heterocycles. The summed E-state index contributed by atoms with van der Waals surface area (Å²) in [5, 5.41) is 10.3.